The Bertz CT molecular complexity index is 502. The Kier molecular flexibility index (Phi) is 4.35. The number of nitrogens with zero attached hydrogens (tertiary/aromatic N) is 2. The van der Waals surface area contributed by atoms with E-state index in [9.17, 15) is 20.0 Å². The van der Waals surface area contributed by atoms with Gasteiger partial charge in [-0.2, -0.15) is 0 Å². The molecule has 104 valence electrons. The second-order valence-corrected chi connectivity index (χ2v) is 4.14. The van der Waals surface area contributed by atoms with Crippen LogP contribution in [-0.2, 0) is 0 Å². The van der Waals surface area contributed by atoms with Crippen LogP contribution < -0.4 is 5.32 Å². The molecule has 0 fully saturated rings. The van der Waals surface area contributed by atoms with Crippen LogP contribution in [0.3, 0.4) is 0 Å². The van der Waals surface area contributed by atoms with Crippen molar-refractivity contribution in [2.45, 2.75) is 12.5 Å². The van der Waals surface area contributed by atoms with Crippen molar-refractivity contribution in [1.82, 2.24) is 4.98 Å². The highest BCUT2D eigenvalue weighted by Gasteiger charge is 2.23. The lowest BCUT2D eigenvalue weighted by Gasteiger charge is -2.20. The summed E-state index contributed by atoms with van der Waals surface area (Å²) in [6, 6.07) is 2.02. The van der Waals surface area contributed by atoms with Crippen LogP contribution in [-0.4, -0.2) is 49.9 Å². The van der Waals surface area contributed by atoms with E-state index in [0.717, 1.165) is 12.1 Å². The fourth-order valence-corrected chi connectivity index (χ4v) is 1.18. The molecule has 9 nitrogen and oxygen atoms in total. The van der Waals surface area contributed by atoms with Gasteiger partial charge < -0.3 is 20.6 Å². The van der Waals surface area contributed by atoms with Crippen LogP contribution in [0, 0.1) is 10.1 Å². The molecule has 0 spiro atoms. The zero-order chi connectivity index (χ0) is 14.6. The molecule has 0 amide bonds. The predicted octanol–water partition coefficient (Wildman–Crippen LogP) is -0.157. The van der Waals surface area contributed by atoms with Gasteiger partial charge in [0.05, 0.1) is 11.5 Å². The molecule has 0 aliphatic carbocycles. The van der Waals surface area contributed by atoms with E-state index in [-0.39, 0.29) is 18.1 Å². The first kappa shape index (κ1) is 14.8. The van der Waals surface area contributed by atoms with Crippen LogP contribution in [0.25, 0.3) is 0 Å². The third kappa shape index (κ3) is 3.86. The normalized spacial score (nSPS) is 13.6. The number of hydrogen-bond donors (Lipinski definition) is 4. The van der Waals surface area contributed by atoms with Gasteiger partial charge in [-0.1, -0.05) is 0 Å². The fourth-order valence-electron chi connectivity index (χ4n) is 1.18. The average molecular weight is 271 g/mol. The molecular weight excluding hydrogens is 258 g/mol. The van der Waals surface area contributed by atoms with E-state index in [4.69, 9.17) is 10.2 Å². The highest BCUT2D eigenvalue weighted by molar-refractivity contribution is 5.86. The number of nitro groups is 1. The maximum Gasteiger partial charge on any atom is 0.354 e. The number of aromatic carboxylic acids is 1. The molecule has 1 aromatic rings. The van der Waals surface area contributed by atoms with Gasteiger partial charge in [0.1, 0.15) is 5.60 Å². The summed E-state index contributed by atoms with van der Waals surface area (Å²) in [6.45, 7) is 0.527. The Morgan fingerprint density at radius 2 is 2.21 bits per heavy atom. The van der Waals surface area contributed by atoms with E-state index in [1.807, 2.05) is 0 Å². The minimum atomic E-state index is -1.51. The smallest absolute Gasteiger partial charge is 0.354 e. The van der Waals surface area contributed by atoms with Gasteiger partial charge in [-0.3, -0.25) is 10.1 Å². The van der Waals surface area contributed by atoms with Gasteiger partial charge in [0.15, 0.2) is 5.69 Å². The predicted molar refractivity (Wildman–Crippen MR) is 64.1 cm³/mol. The molecule has 1 rings (SSSR count). The maximum absolute atomic E-state index is 10.8. The highest BCUT2D eigenvalue weighted by Crippen LogP contribution is 2.22. The number of rotatable bonds is 6. The topological polar surface area (TPSA) is 146 Å². The zero-order valence-corrected chi connectivity index (χ0v) is 10.0. The molecule has 1 unspecified atom stereocenters. The second-order valence-electron chi connectivity index (χ2n) is 4.14. The molecule has 0 aliphatic heterocycles. The number of anilines is 1. The van der Waals surface area contributed by atoms with Gasteiger partial charge in [-0.25, -0.2) is 9.78 Å². The second kappa shape index (κ2) is 5.59. The zero-order valence-electron chi connectivity index (χ0n) is 10.0. The first-order valence-electron chi connectivity index (χ1n) is 5.22. The summed E-state index contributed by atoms with van der Waals surface area (Å²) >= 11 is 0. The first-order chi connectivity index (χ1) is 8.76. The number of carboxylic acids is 1. The molecule has 0 aliphatic rings. The summed E-state index contributed by atoms with van der Waals surface area (Å²) in [5, 5.41) is 40.4. The van der Waals surface area contributed by atoms with Crippen LogP contribution in [0.4, 0.5) is 11.5 Å². The summed E-state index contributed by atoms with van der Waals surface area (Å²) in [4.78, 5) is 24.4. The van der Waals surface area contributed by atoms with Crippen molar-refractivity contribution in [3.05, 3.63) is 27.9 Å². The quantitative estimate of drug-likeness (QED) is 0.412. The number of aliphatic hydroxyl groups is 2. The molecule has 9 heteroatoms. The van der Waals surface area contributed by atoms with E-state index in [1.54, 1.807) is 0 Å². The van der Waals surface area contributed by atoms with Crippen LogP contribution in [0.15, 0.2) is 12.1 Å². The van der Waals surface area contributed by atoms with E-state index in [1.165, 1.54) is 6.92 Å². The number of hydrogen-bond acceptors (Lipinski definition) is 7. The van der Waals surface area contributed by atoms with E-state index < -0.39 is 28.8 Å². The van der Waals surface area contributed by atoms with E-state index in [0.29, 0.717) is 0 Å². The SMILES string of the molecule is CC(O)(CO)CNc1nc(C(=O)O)ccc1[N+](=O)[O-]. The molecule has 1 heterocycles. The van der Waals surface area contributed by atoms with Gasteiger partial charge in [0, 0.05) is 12.6 Å². The van der Waals surface area contributed by atoms with Crippen LogP contribution in [0.1, 0.15) is 17.4 Å². The number of pyridine rings is 1. The molecule has 0 aromatic carbocycles. The summed E-state index contributed by atoms with van der Waals surface area (Å²) < 4.78 is 0. The monoisotopic (exact) mass is 271 g/mol. The van der Waals surface area contributed by atoms with Crippen LogP contribution >= 0.6 is 0 Å². The van der Waals surface area contributed by atoms with Crippen molar-refractivity contribution in [1.29, 1.82) is 0 Å². The van der Waals surface area contributed by atoms with Crippen molar-refractivity contribution in [3.8, 4) is 0 Å². The number of aliphatic hydroxyl groups excluding tert-OH is 1. The maximum atomic E-state index is 10.8. The van der Waals surface area contributed by atoms with Crippen molar-refractivity contribution < 1.29 is 25.0 Å². The molecular formula is C10H13N3O6. The Labute approximate surface area is 107 Å². The fraction of sp³-hybridized carbons (Fsp3) is 0.400. The lowest BCUT2D eigenvalue weighted by Crippen LogP contribution is -2.37. The van der Waals surface area contributed by atoms with Gasteiger partial charge in [-0.15, -0.1) is 0 Å². The van der Waals surface area contributed by atoms with Gasteiger partial charge >= 0.3 is 11.7 Å². The summed E-state index contributed by atoms with van der Waals surface area (Å²) in [5.41, 5.74) is -2.29. The van der Waals surface area contributed by atoms with Gasteiger partial charge in [0.25, 0.3) is 0 Å². The molecule has 0 saturated heterocycles. The Balaban J connectivity index is 3.04. The first-order valence-corrected chi connectivity index (χ1v) is 5.22. The molecule has 19 heavy (non-hydrogen) atoms. The van der Waals surface area contributed by atoms with Gasteiger partial charge in [0.2, 0.25) is 5.82 Å². The van der Waals surface area contributed by atoms with Gasteiger partial charge in [-0.05, 0) is 13.0 Å². The largest absolute Gasteiger partial charge is 0.477 e. The van der Waals surface area contributed by atoms with Crippen LogP contribution in [0.5, 0.6) is 0 Å². The number of nitrogens with one attached hydrogen (secondary N) is 1. The molecule has 1 atom stereocenters. The van der Waals surface area contributed by atoms with Crippen molar-refractivity contribution in [2.75, 3.05) is 18.5 Å². The summed E-state index contributed by atoms with van der Waals surface area (Å²) in [7, 11) is 0. The number of carboxylic acid groups (broad SMARTS) is 1. The minimum absolute atomic E-state index is 0.222. The molecule has 4 N–H and O–H groups in total. The Hall–Kier alpha value is -2.26. The van der Waals surface area contributed by atoms with Crippen LogP contribution in [0.2, 0.25) is 0 Å². The lowest BCUT2D eigenvalue weighted by molar-refractivity contribution is -0.384. The number of aromatic nitrogens is 1. The van der Waals surface area contributed by atoms with E-state index >= 15 is 0 Å². The standard InChI is InChI=1S/C10H13N3O6/c1-10(17,5-14)4-11-8-7(13(18)19)3-2-6(12-8)9(15)16/h2-3,14,17H,4-5H2,1H3,(H,11,12)(H,15,16). The van der Waals surface area contributed by atoms with Crippen molar-refractivity contribution in [2.24, 2.45) is 0 Å². The van der Waals surface area contributed by atoms with Crippen molar-refractivity contribution in [3.63, 3.8) is 0 Å². The Morgan fingerprint density at radius 1 is 1.58 bits per heavy atom. The highest BCUT2D eigenvalue weighted by atomic mass is 16.6. The molecule has 0 radical (unpaired) electrons. The third-order valence-corrected chi connectivity index (χ3v) is 2.27. The Morgan fingerprint density at radius 3 is 2.68 bits per heavy atom. The average Bonchev–Trinajstić information content (AvgIpc) is 2.35. The lowest BCUT2D eigenvalue weighted by atomic mass is 10.1. The molecule has 0 saturated carbocycles. The van der Waals surface area contributed by atoms with E-state index in [2.05, 4.69) is 10.3 Å². The molecule has 0 bridgehead atoms. The molecule has 1 aromatic heterocycles. The third-order valence-electron chi connectivity index (χ3n) is 2.27. The van der Waals surface area contributed by atoms with Crippen molar-refractivity contribution >= 4 is 17.5 Å². The number of carbonyl (C=O) groups is 1. The minimum Gasteiger partial charge on any atom is -0.477 e. The summed E-state index contributed by atoms with van der Waals surface area (Å²) in [5.74, 6) is -1.61. The summed E-state index contributed by atoms with van der Waals surface area (Å²) in [6.07, 6.45) is 0.